The maximum absolute atomic E-state index is 13.2. The molecule has 59 heavy (non-hydrogen) atoms. The summed E-state index contributed by atoms with van der Waals surface area (Å²) in [6.45, 7) is 27.1. The van der Waals surface area contributed by atoms with Gasteiger partial charge < -0.3 is 18.8 Å². The molecule has 0 spiro atoms. The van der Waals surface area contributed by atoms with E-state index in [0.29, 0.717) is 10.5 Å². The van der Waals surface area contributed by atoms with Crippen LogP contribution in [0.2, 0.25) is 0 Å². The van der Waals surface area contributed by atoms with Crippen molar-refractivity contribution >= 4 is 57.8 Å². The molecule has 6 atom stereocenters. The maximum atomic E-state index is 13.2. The Balaban J connectivity index is -0.00000105. The van der Waals surface area contributed by atoms with Crippen LogP contribution in [-0.2, 0) is 52.1 Å². The van der Waals surface area contributed by atoms with E-state index in [-0.39, 0.29) is 31.7 Å². The second kappa shape index (κ2) is 43.1. The largest absolute Gasteiger partial charge is 2.00 e. The Morgan fingerprint density at radius 3 is 0.831 bits per heavy atom. The van der Waals surface area contributed by atoms with Crippen molar-refractivity contribution in [2.45, 2.75) is 286 Å². The molecule has 0 aromatic heterocycles. The van der Waals surface area contributed by atoms with Crippen LogP contribution in [0.4, 0.5) is 0 Å². The van der Waals surface area contributed by atoms with Crippen LogP contribution in [0.3, 0.4) is 0 Å². The molecule has 0 saturated carbocycles. The first kappa shape index (κ1) is 65.7. The first-order valence-corrected chi connectivity index (χ1v) is 33.0. The van der Waals surface area contributed by atoms with Gasteiger partial charge in [-0.15, -0.1) is 22.8 Å². The zero-order valence-corrected chi connectivity index (χ0v) is 49.3. The first-order valence-electron chi connectivity index (χ1n) is 24.7. The molecule has 0 saturated heterocycles. The van der Waals surface area contributed by atoms with E-state index in [0.717, 1.165) is 114 Å². The molecule has 0 amide bonds. The molecule has 0 aliphatic heterocycles. The average molecular weight is 997 g/mol. The van der Waals surface area contributed by atoms with Gasteiger partial charge in [-0.05, 0) is 75.0 Å². The fourth-order valence-electron chi connectivity index (χ4n) is 7.20. The molecule has 0 aromatic carbocycles. The van der Waals surface area contributed by atoms with E-state index in [1.807, 2.05) is 0 Å². The molecule has 0 aliphatic rings. The van der Waals surface area contributed by atoms with Gasteiger partial charge >= 0.3 is 19.5 Å². The van der Waals surface area contributed by atoms with E-state index in [2.05, 4.69) is 83.1 Å². The van der Waals surface area contributed by atoms with Gasteiger partial charge in [-0.2, -0.15) is 0 Å². The number of unbranched alkanes of at least 4 members (excludes halogenated alkanes) is 8. The fourth-order valence-corrected chi connectivity index (χ4v) is 17.7. The Kier molecular flexibility index (Phi) is 48.0. The molecule has 0 N–H and O–H groups in total. The third-order valence-electron chi connectivity index (χ3n) is 10.9. The van der Waals surface area contributed by atoms with Crippen molar-refractivity contribution in [1.82, 2.24) is 0 Å². The molecule has 4 nitrogen and oxygen atoms in total. The SMILES string of the molecule is CCCCC(CCCCC(C)C)OP([O-])(=S)SC(CCCC)CCCCC(C)C.CCCCC(CCCCC(C)C)OP([O-])(=S)SC(CCCC)CCCCC(C)C.[Zn+2]. The summed E-state index contributed by atoms with van der Waals surface area (Å²) < 4.78 is 12.3. The number of hydrogen-bond acceptors (Lipinski definition) is 8. The van der Waals surface area contributed by atoms with E-state index >= 15 is 0 Å². The second-order valence-electron chi connectivity index (χ2n) is 19.1. The Morgan fingerprint density at radius 2 is 0.576 bits per heavy atom. The zero-order chi connectivity index (χ0) is 44.2. The van der Waals surface area contributed by atoms with Crippen LogP contribution in [0.15, 0.2) is 0 Å². The predicted octanol–water partition coefficient (Wildman–Crippen LogP) is 17.7. The Labute approximate surface area is 402 Å². The van der Waals surface area contributed by atoms with Gasteiger partial charge in [0.1, 0.15) is 0 Å². The molecule has 0 fully saturated rings. The quantitative estimate of drug-likeness (QED) is 0.0342. The molecule has 0 rings (SSSR count). The van der Waals surface area contributed by atoms with Crippen molar-refractivity contribution in [1.29, 1.82) is 0 Å². The molecule has 352 valence electrons. The van der Waals surface area contributed by atoms with Crippen molar-refractivity contribution in [3.63, 3.8) is 0 Å². The number of hydrogen-bond donors (Lipinski definition) is 0. The number of rotatable bonds is 40. The predicted molar refractivity (Wildman–Crippen MR) is 272 cm³/mol. The topological polar surface area (TPSA) is 64.6 Å². The van der Waals surface area contributed by atoms with Crippen molar-refractivity contribution in [3.8, 4) is 0 Å². The van der Waals surface area contributed by atoms with Crippen molar-refractivity contribution in [2.24, 2.45) is 23.7 Å². The molecular weight excluding hydrogens is 896 g/mol. The Morgan fingerprint density at radius 1 is 0.373 bits per heavy atom. The summed E-state index contributed by atoms with van der Waals surface area (Å²) >= 11 is 14.1. The van der Waals surface area contributed by atoms with Crippen LogP contribution in [0.25, 0.3) is 0 Å². The monoisotopic (exact) mass is 995 g/mol. The molecule has 6 unspecified atom stereocenters. The first-order chi connectivity index (χ1) is 27.4. The van der Waals surface area contributed by atoms with Crippen LogP contribution >= 0.6 is 34.2 Å². The maximum Gasteiger partial charge on any atom is 2.00 e. The van der Waals surface area contributed by atoms with Gasteiger partial charge in [0.15, 0.2) is 0 Å². The fraction of sp³-hybridized carbons (Fsp3) is 1.00. The van der Waals surface area contributed by atoms with Crippen LogP contribution < -0.4 is 9.79 Å². The van der Waals surface area contributed by atoms with E-state index in [1.54, 1.807) is 0 Å². The zero-order valence-electron chi connectivity index (χ0n) is 41.3. The summed E-state index contributed by atoms with van der Waals surface area (Å²) in [5.74, 6) is 3.03. The van der Waals surface area contributed by atoms with Crippen molar-refractivity contribution in [3.05, 3.63) is 0 Å². The molecular formula is C48H100O4P2S4Zn. The normalized spacial score (nSPS) is 16.0. The second-order valence-corrected chi connectivity index (χ2v) is 31.5. The summed E-state index contributed by atoms with van der Waals surface area (Å²) in [5, 5.41) is 0.774. The van der Waals surface area contributed by atoms with E-state index in [1.165, 1.54) is 113 Å². The Hall–Kier alpha value is 2.46. The summed E-state index contributed by atoms with van der Waals surface area (Å²) in [6, 6.07) is 0. The molecule has 0 aromatic rings. The smallest absolute Gasteiger partial charge is 0.793 e. The van der Waals surface area contributed by atoms with Gasteiger partial charge in [-0.25, -0.2) is 0 Å². The van der Waals surface area contributed by atoms with Crippen LogP contribution in [-0.4, -0.2) is 22.7 Å². The standard InChI is InChI=1S/2C24H51O2PS2.Zn/c2*1-7-9-17-23(18-13-11-15-21(3)4)26-27(25,28)29-24(19-10-8-2)20-14-12-16-22(5)6;/h2*21-24H,7-20H2,1-6H3,(H,25,28);/q;;+2/p-2. The average Bonchev–Trinajstić information content (AvgIpc) is 3.13. The van der Waals surface area contributed by atoms with Gasteiger partial charge in [0, 0.05) is 21.9 Å². The van der Waals surface area contributed by atoms with Gasteiger partial charge in [-0.3, -0.25) is 0 Å². The summed E-state index contributed by atoms with van der Waals surface area (Å²) in [7, 11) is 0. The van der Waals surface area contributed by atoms with Crippen LogP contribution in [0.5, 0.6) is 0 Å². The molecule has 11 heteroatoms. The molecule has 0 aliphatic carbocycles. The molecule has 0 radical (unpaired) electrons. The van der Waals surface area contributed by atoms with Gasteiger partial charge in [0.25, 0.3) is 0 Å². The van der Waals surface area contributed by atoms with E-state index < -0.39 is 11.4 Å². The molecule has 0 heterocycles. The third kappa shape index (κ3) is 46.8. The summed E-state index contributed by atoms with van der Waals surface area (Å²) in [6.07, 6.45) is 32.7. The van der Waals surface area contributed by atoms with Crippen molar-refractivity contribution in [2.75, 3.05) is 0 Å². The van der Waals surface area contributed by atoms with Gasteiger partial charge in [0.05, 0.1) is 12.2 Å². The van der Waals surface area contributed by atoms with Crippen LogP contribution in [0.1, 0.15) is 263 Å². The Bertz CT molecular complexity index is 847. The van der Waals surface area contributed by atoms with E-state index in [4.69, 9.17) is 32.7 Å². The summed E-state index contributed by atoms with van der Waals surface area (Å²) in [5.41, 5.74) is -6.04. The third-order valence-corrected chi connectivity index (χ3v) is 19.9. The minimum Gasteiger partial charge on any atom is -0.793 e. The van der Waals surface area contributed by atoms with Crippen molar-refractivity contribution < 1.29 is 38.3 Å². The van der Waals surface area contributed by atoms with E-state index in [9.17, 15) is 9.79 Å². The summed E-state index contributed by atoms with van der Waals surface area (Å²) in [4.78, 5) is 26.4. The minimum atomic E-state index is -3.02. The van der Waals surface area contributed by atoms with Crippen LogP contribution in [0, 0.1) is 23.7 Å². The molecule has 0 bridgehead atoms. The minimum absolute atomic E-state index is 0. The van der Waals surface area contributed by atoms with Gasteiger partial charge in [-0.1, -0.05) is 235 Å². The van der Waals surface area contributed by atoms with Gasteiger partial charge in [0.2, 0.25) is 0 Å².